The first-order valence-electron chi connectivity index (χ1n) is 6.55. The smallest absolute Gasteiger partial charge is 0.250 e. The Labute approximate surface area is 106 Å². The minimum Gasteiger partial charge on any atom is -0.393 e. The second-order valence-electron chi connectivity index (χ2n) is 5.53. The number of hydrogen-bond acceptors (Lipinski definition) is 2. The Morgan fingerprint density at radius 3 is 2.78 bits per heavy atom. The zero-order valence-corrected chi connectivity index (χ0v) is 10.8. The van der Waals surface area contributed by atoms with Gasteiger partial charge in [0.25, 0.3) is 5.56 Å². The highest BCUT2D eigenvalue weighted by Crippen LogP contribution is 2.37. The third kappa shape index (κ3) is 2.64. The van der Waals surface area contributed by atoms with Crippen LogP contribution in [0.1, 0.15) is 39.2 Å². The van der Waals surface area contributed by atoms with Gasteiger partial charge in [0.05, 0.1) is 6.10 Å². The van der Waals surface area contributed by atoms with Gasteiger partial charge in [0.1, 0.15) is 5.82 Å². The van der Waals surface area contributed by atoms with Crippen LogP contribution in [0, 0.1) is 17.7 Å². The molecule has 1 heterocycles. The lowest BCUT2D eigenvalue weighted by Gasteiger charge is -2.37. The summed E-state index contributed by atoms with van der Waals surface area (Å²) in [7, 11) is 0. The van der Waals surface area contributed by atoms with Gasteiger partial charge >= 0.3 is 0 Å². The van der Waals surface area contributed by atoms with Gasteiger partial charge in [-0.2, -0.15) is 0 Å². The number of aliphatic hydroxyl groups excluding tert-OH is 1. The Morgan fingerprint density at radius 2 is 2.11 bits per heavy atom. The highest BCUT2D eigenvalue weighted by Gasteiger charge is 2.33. The summed E-state index contributed by atoms with van der Waals surface area (Å²) in [4.78, 5) is 11.9. The molecule has 3 unspecified atom stereocenters. The van der Waals surface area contributed by atoms with Gasteiger partial charge in [-0.25, -0.2) is 4.39 Å². The molecule has 1 saturated carbocycles. The molecular formula is C14H20FNO2. The van der Waals surface area contributed by atoms with Crippen molar-refractivity contribution in [1.82, 2.24) is 4.57 Å². The molecule has 1 aromatic rings. The summed E-state index contributed by atoms with van der Waals surface area (Å²) in [6, 6.07) is 2.34. The molecule has 0 radical (unpaired) electrons. The molecular weight excluding hydrogens is 233 g/mol. The van der Waals surface area contributed by atoms with Crippen molar-refractivity contribution in [3.63, 3.8) is 0 Å². The maximum Gasteiger partial charge on any atom is 0.250 e. The minimum atomic E-state index is -0.405. The van der Waals surface area contributed by atoms with Crippen LogP contribution in [0.4, 0.5) is 4.39 Å². The van der Waals surface area contributed by atoms with E-state index in [1.165, 1.54) is 22.9 Å². The highest BCUT2D eigenvalue weighted by molar-refractivity contribution is 5.00. The summed E-state index contributed by atoms with van der Waals surface area (Å²) in [6.07, 6.45) is 3.06. The van der Waals surface area contributed by atoms with Crippen molar-refractivity contribution in [2.24, 2.45) is 11.8 Å². The van der Waals surface area contributed by atoms with Crippen LogP contribution in [0.15, 0.2) is 23.1 Å². The van der Waals surface area contributed by atoms with E-state index in [2.05, 4.69) is 13.8 Å². The van der Waals surface area contributed by atoms with E-state index in [4.69, 9.17) is 0 Å². The molecule has 2 rings (SSSR count). The Morgan fingerprint density at radius 1 is 1.39 bits per heavy atom. The van der Waals surface area contributed by atoms with Crippen LogP contribution in [-0.2, 0) is 0 Å². The monoisotopic (exact) mass is 253 g/mol. The third-order valence-corrected chi connectivity index (χ3v) is 3.96. The summed E-state index contributed by atoms with van der Waals surface area (Å²) in [6.45, 7) is 4.22. The molecule has 1 N–H and O–H groups in total. The molecule has 0 bridgehead atoms. The molecule has 0 aliphatic heterocycles. The van der Waals surface area contributed by atoms with Crippen molar-refractivity contribution in [3.8, 4) is 0 Å². The highest BCUT2D eigenvalue weighted by atomic mass is 19.1. The number of nitrogens with zero attached hydrogens (tertiary/aromatic N) is 1. The topological polar surface area (TPSA) is 42.2 Å². The van der Waals surface area contributed by atoms with E-state index in [9.17, 15) is 14.3 Å². The summed E-state index contributed by atoms with van der Waals surface area (Å²) < 4.78 is 14.8. The second-order valence-corrected chi connectivity index (χ2v) is 5.53. The zero-order valence-electron chi connectivity index (χ0n) is 10.8. The standard InChI is InChI=1S/C14H20FNO2/c1-9(2)12-5-4-11(17)7-13(12)16-8-10(15)3-6-14(16)18/h3,6,8-9,11-13,17H,4-5,7H2,1-2H3. The predicted molar refractivity (Wildman–Crippen MR) is 67.9 cm³/mol. The van der Waals surface area contributed by atoms with E-state index in [0.717, 1.165) is 12.8 Å². The quantitative estimate of drug-likeness (QED) is 0.879. The molecule has 100 valence electrons. The maximum atomic E-state index is 13.3. The number of rotatable bonds is 2. The molecule has 0 spiro atoms. The van der Waals surface area contributed by atoms with Crippen LogP contribution in [0.3, 0.4) is 0 Å². The molecule has 1 aromatic heterocycles. The van der Waals surface area contributed by atoms with Crippen molar-refractivity contribution >= 4 is 0 Å². The van der Waals surface area contributed by atoms with E-state index in [0.29, 0.717) is 18.3 Å². The maximum absolute atomic E-state index is 13.3. The second kappa shape index (κ2) is 5.22. The summed E-state index contributed by atoms with van der Waals surface area (Å²) in [5.41, 5.74) is -0.193. The number of hydrogen-bond donors (Lipinski definition) is 1. The minimum absolute atomic E-state index is 0.100. The van der Waals surface area contributed by atoms with Gasteiger partial charge in [0.15, 0.2) is 0 Å². The van der Waals surface area contributed by atoms with Crippen molar-refractivity contribution in [2.75, 3.05) is 0 Å². The normalized spacial score (nSPS) is 28.6. The lowest BCUT2D eigenvalue weighted by atomic mass is 9.76. The predicted octanol–water partition coefficient (Wildman–Crippen LogP) is 2.35. The molecule has 1 fully saturated rings. The van der Waals surface area contributed by atoms with Crippen molar-refractivity contribution < 1.29 is 9.50 Å². The number of pyridine rings is 1. The van der Waals surface area contributed by atoms with Gasteiger partial charge in [-0.15, -0.1) is 0 Å². The Bertz CT molecular complexity index is 469. The molecule has 3 atom stereocenters. The average Bonchev–Trinajstić information content (AvgIpc) is 2.31. The van der Waals surface area contributed by atoms with Crippen LogP contribution >= 0.6 is 0 Å². The molecule has 4 heteroatoms. The number of aliphatic hydroxyl groups is 1. The van der Waals surface area contributed by atoms with Crippen LogP contribution in [0.2, 0.25) is 0 Å². The number of aromatic nitrogens is 1. The van der Waals surface area contributed by atoms with Gasteiger partial charge in [-0.05, 0) is 37.2 Å². The fourth-order valence-electron chi connectivity index (χ4n) is 2.98. The zero-order chi connectivity index (χ0) is 13.3. The van der Waals surface area contributed by atoms with Gasteiger partial charge in [0, 0.05) is 18.3 Å². The summed E-state index contributed by atoms with van der Waals surface area (Å²) in [5.74, 6) is 0.322. The molecule has 1 aliphatic rings. The fraction of sp³-hybridized carbons (Fsp3) is 0.643. The summed E-state index contributed by atoms with van der Waals surface area (Å²) in [5, 5.41) is 9.79. The van der Waals surface area contributed by atoms with Gasteiger partial charge < -0.3 is 9.67 Å². The fourth-order valence-corrected chi connectivity index (χ4v) is 2.98. The first-order valence-corrected chi connectivity index (χ1v) is 6.55. The van der Waals surface area contributed by atoms with Crippen molar-refractivity contribution in [1.29, 1.82) is 0 Å². The molecule has 18 heavy (non-hydrogen) atoms. The third-order valence-electron chi connectivity index (χ3n) is 3.96. The van der Waals surface area contributed by atoms with E-state index in [-0.39, 0.29) is 17.7 Å². The Kier molecular flexibility index (Phi) is 3.85. The lowest BCUT2D eigenvalue weighted by Crippen LogP contribution is -2.37. The van der Waals surface area contributed by atoms with E-state index < -0.39 is 5.82 Å². The lowest BCUT2D eigenvalue weighted by molar-refractivity contribution is 0.0552. The largest absolute Gasteiger partial charge is 0.393 e. The van der Waals surface area contributed by atoms with Crippen LogP contribution in [0.25, 0.3) is 0 Å². The van der Waals surface area contributed by atoms with E-state index >= 15 is 0 Å². The molecule has 0 saturated heterocycles. The average molecular weight is 253 g/mol. The SMILES string of the molecule is CC(C)C1CCC(O)CC1n1cc(F)ccc1=O. The van der Waals surface area contributed by atoms with E-state index in [1.807, 2.05) is 0 Å². The van der Waals surface area contributed by atoms with E-state index in [1.54, 1.807) is 0 Å². The van der Waals surface area contributed by atoms with Gasteiger partial charge in [0.2, 0.25) is 0 Å². The van der Waals surface area contributed by atoms with Crippen LogP contribution in [-0.4, -0.2) is 15.8 Å². The Balaban J connectivity index is 2.38. The van der Waals surface area contributed by atoms with Crippen molar-refractivity contribution in [3.05, 3.63) is 34.5 Å². The molecule has 3 nitrogen and oxygen atoms in total. The molecule has 0 amide bonds. The van der Waals surface area contributed by atoms with Crippen LogP contribution in [0.5, 0.6) is 0 Å². The first kappa shape index (κ1) is 13.3. The van der Waals surface area contributed by atoms with Crippen LogP contribution < -0.4 is 5.56 Å². The summed E-state index contributed by atoms with van der Waals surface area (Å²) >= 11 is 0. The van der Waals surface area contributed by atoms with Crippen molar-refractivity contribution in [2.45, 2.75) is 45.3 Å². The van der Waals surface area contributed by atoms with Gasteiger partial charge in [-0.1, -0.05) is 13.8 Å². The molecule has 1 aliphatic carbocycles. The first-order chi connectivity index (χ1) is 8.49. The van der Waals surface area contributed by atoms with Gasteiger partial charge in [-0.3, -0.25) is 4.79 Å². The number of halogens is 1. The Hall–Kier alpha value is -1.16. The molecule has 0 aromatic carbocycles.